The van der Waals surface area contributed by atoms with E-state index >= 15 is 0 Å². The predicted molar refractivity (Wildman–Crippen MR) is 220 cm³/mol. The van der Waals surface area contributed by atoms with E-state index in [0.717, 1.165) is 72.4 Å². The summed E-state index contributed by atoms with van der Waals surface area (Å²) in [4.78, 5) is 2.32. The smallest absolute Gasteiger partial charge is 0.134 e. The maximum absolute atomic E-state index is 5.87. The topological polar surface area (TPSA) is 29.5 Å². The lowest BCUT2D eigenvalue weighted by Gasteiger charge is -2.26. The van der Waals surface area contributed by atoms with Crippen LogP contribution in [0.15, 0.2) is 209 Å². The molecule has 8 aromatic carbocycles. The molecule has 0 aliphatic carbocycles. The van der Waals surface area contributed by atoms with Gasteiger partial charge in [-0.25, -0.2) is 0 Å². The molecule has 2 heterocycles. The van der Waals surface area contributed by atoms with Gasteiger partial charge < -0.3 is 13.7 Å². The zero-order valence-corrected chi connectivity index (χ0v) is 28.8. The number of para-hydroxylation sites is 2. The Balaban J connectivity index is 0.991. The first-order valence-corrected chi connectivity index (χ1v) is 17.9. The van der Waals surface area contributed by atoms with Crippen molar-refractivity contribution in [1.82, 2.24) is 0 Å². The molecule has 0 fully saturated rings. The highest BCUT2D eigenvalue weighted by Crippen LogP contribution is 2.39. The predicted octanol–water partition coefficient (Wildman–Crippen LogP) is 14.5. The standard InChI is InChI=1S/C50H33NO2/c1-2-8-40-31-41(18-15-34(40)7-1)37-21-27-43(28-22-37)51(44-29-23-39(24-30-44)48-33-53-50-12-6-4-10-46(48)50)42-25-19-36(20-26-42)35-13-16-38(17-14-35)47-32-52-49-11-5-3-9-45(47)49/h1-33H. The second-order valence-electron chi connectivity index (χ2n) is 13.4. The van der Waals surface area contributed by atoms with Crippen LogP contribution in [0.5, 0.6) is 0 Å². The lowest BCUT2D eigenvalue weighted by Crippen LogP contribution is -2.09. The Morgan fingerprint density at radius 1 is 0.302 bits per heavy atom. The summed E-state index contributed by atoms with van der Waals surface area (Å²) in [5, 5.41) is 4.73. The first-order valence-electron chi connectivity index (χ1n) is 17.9. The molecule has 10 rings (SSSR count). The minimum absolute atomic E-state index is 0.893. The molecule has 0 N–H and O–H groups in total. The number of rotatable bonds is 7. The zero-order chi connectivity index (χ0) is 35.1. The summed E-state index contributed by atoms with van der Waals surface area (Å²) in [6.45, 7) is 0. The molecule has 0 unspecified atom stereocenters. The lowest BCUT2D eigenvalue weighted by atomic mass is 9.99. The summed E-state index contributed by atoms with van der Waals surface area (Å²) in [7, 11) is 0. The third-order valence-corrected chi connectivity index (χ3v) is 10.3. The molecule has 3 heteroatoms. The SMILES string of the molecule is c1ccc2cc(-c3ccc(N(c4ccc(-c5ccc(-c6coc7ccccc67)cc5)cc4)c4ccc(-c5coc6ccccc56)cc4)cc3)ccc2c1. The van der Waals surface area contributed by atoms with E-state index < -0.39 is 0 Å². The fourth-order valence-corrected chi connectivity index (χ4v) is 7.46. The summed E-state index contributed by atoms with van der Waals surface area (Å²) < 4.78 is 11.7. The van der Waals surface area contributed by atoms with Gasteiger partial charge in [0.2, 0.25) is 0 Å². The van der Waals surface area contributed by atoms with Gasteiger partial charge >= 0.3 is 0 Å². The van der Waals surface area contributed by atoms with Crippen LogP contribution in [0.1, 0.15) is 0 Å². The van der Waals surface area contributed by atoms with Crippen LogP contribution in [-0.4, -0.2) is 0 Å². The maximum atomic E-state index is 5.87. The Kier molecular flexibility index (Phi) is 7.47. The van der Waals surface area contributed by atoms with Gasteiger partial charge in [-0.05, 0) is 98.8 Å². The average Bonchev–Trinajstić information content (AvgIpc) is 3.87. The van der Waals surface area contributed by atoms with Crippen molar-refractivity contribution in [3.05, 3.63) is 201 Å². The summed E-state index contributed by atoms with van der Waals surface area (Å²) in [6, 6.07) is 66.7. The minimum Gasteiger partial charge on any atom is -0.464 e. The number of nitrogens with zero attached hydrogens (tertiary/aromatic N) is 1. The van der Waals surface area contributed by atoms with Gasteiger partial charge in [-0.1, -0.05) is 133 Å². The second-order valence-corrected chi connectivity index (χ2v) is 13.4. The van der Waals surface area contributed by atoms with E-state index in [1.807, 2.05) is 36.8 Å². The number of benzene rings is 8. The molecule has 53 heavy (non-hydrogen) atoms. The van der Waals surface area contributed by atoms with Crippen LogP contribution < -0.4 is 4.90 Å². The average molecular weight is 680 g/mol. The molecule has 0 bridgehead atoms. The second kappa shape index (κ2) is 12.9. The largest absolute Gasteiger partial charge is 0.464 e. The first kappa shape index (κ1) is 30.7. The van der Waals surface area contributed by atoms with Gasteiger partial charge in [0.25, 0.3) is 0 Å². The van der Waals surface area contributed by atoms with E-state index in [2.05, 4.69) is 169 Å². The van der Waals surface area contributed by atoms with Crippen LogP contribution in [0.25, 0.3) is 77.2 Å². The summed E-state index contributed by atoms with van der Waals surface area (Å²) >= 11 is 0. The van der Waals surface area contributed by atoms with Crippen LogP contribution >= 0.6 is 0 Å². The normalized spacial score (nSPS) is 11.4. The van der Waals surface area contributed by atoms with Crippen molar-refractivity contribution in [2.24, 2.45) is 0 Å². The summed E-state index contributed by atoms with van der Waals surface area (Å²) in [5.74, 6) is 0. The fourth-order valence-electron chi connectivity index (χ4n) is 7.46. The van der Waals surface area contributed by atoms with E-state index in [9.17, 15) is 0 Å². The molecule has 0 saturated carbocycles. The Morgan fingerprint density at radius 3 is 1.21 bits per heavy atom. The molecule has 2 aromatic heterocycles. The lowest BCUT2D eigenvalue weighted by molar-refractivity contribution is 0.616. The van der Waals surface area contributed by atoms with Gasteiger partial charge in [-0.15, -0.1) is 0 Å². The van der Waals surface area contributed by atoms with Crippen molar-refractivity contribution in [2.45, 2.75) is 0 Å². The van der Waals surface area contributed by atoms with E-state index in [0.29, 0.717) is 0 Å². The number of fused-ring (bicyclic) bond motifs is 3. The number of hydrogen-bond acceptors (Lipinski definition) is 3. The highest BCUT2D eigenvalue weighted by atomic mass is 16.3. The molecule has 0 saturated heterocycles. The van der Waals surface area contributed by atoms with Gasteiger partial charge in [0.15, 0.2) is 0 Å². The van der Waals surface area contributed by atoms with Crippen LogP contribution in [0.4, 0.5) is 17.1 Å². The number of furan rings is 2. The van der Waals surface area contributed by atoms with E-state index in [-0.39, 0.29) is 0 Å². The van der Waals surface area contributed by atoms with Crippen LogP contribution in [0.2, 0.25) is 0 Å². The first-order chi connectivity index (χ1) is 26.2. The number of hydrogen-bond donors (Lipinski definition) is 0. The van der Waals surface area contributed by atoms with Crippen molar-refractivity contribution in [3.63, 3.8) is 0 Å². The van der Waals surface area contributed by atoms with Crippen LogP contribution in [0, 0.1) is 0 Å². The highest BCUT2D eigenvalue weighted by molar-refractivity contribution is 5.95. The molecule has 250 valence electrons. The van der Waals surface area contributed by atoms with Crippen molar-refractivity contribution in [3.8, 4) is 44.5 Å². The molecule has 0 spiro atoms. The zero-order valence-electron chi connectivity index (χ0n) is 28.8. The van der Waals surface area contributed by atoms with Crippen molar-refractivity contribution < 1.29 is 8.83 Å². The monoisotopic (exact) mass is 679 g/mol. The van der Waals surface area contributed by atoms with Crippen molar-refractivity contribution in [1.29, 1.82) is 0 Å². The Hall–Kier alpha value is -7.10. The third kappa shape index (κ3) is 5.65. The summed E-state index contributed by atoms with van der Waals surface area (Å²) in [6.07, 6.45) is 3.70. The van der Waals surface area contributed by atoms with E-state index in [1.165, 1.54) is 21.9 Å². The molecular weight excluding hydrogens is 647 g/mol. The molecule has 0 aliphatic heterocycles. The van der Waals surface area contributed by atoms with Crippen LogP contribution in [-0.2, 0) is 0 Å². The molecule has 0 atom stereocenters. The summed E-state index contributed by atoms with van der Waals surface area (Å²) in [5.41, 5.74) is 14.2. The van der Waals surface area contributed by atoms with Crippen molar-refractivity contribution >= 4 is 49.8 Å². The van der Waals surface area contributed by atoms with Gasteiger partial charge in [0.1, 0.15) is 11.2 Å². The third-order valence-electron chi connectivity index (χ3n) is 10.3. The molecular formula is C50H33NO2. The quantitative estimate of drug-likeness (QED) is 0.168. The minimum atomic E-state index is 0.893. The van der Waals surface area contributed by atoms with Gasteiger partial charge in [-0.2, -0.15) is 0 Å². The van der Waals surface area contributed by atoms with E-state index in [1.54, 1.807) is 0 Å². The van der Waals surface area contributed by atoms with Gasteiger partial charge in [-0.3, -0.25) is 0 Å². The fraction of sp³-hybridized carbons (Fsp3) is 0. The molecule has 3 nitrogen and oxygen atoms in total. The van der Waals surface area contributed by atoms with E-state index in [4.69, 9.17) is 8.83 Å². The molecule has 0 radical (unpaired) electrons. The van der Waals surface area contributed by atoms with Gasteiger partial charge in [0, 0.05) is 39.0 Å². The highest BCUT2D eigenvalue weighted by Gasteiger charge is 2.15. The molecule has 0 amide bonds. The Morgan fingerprint density at radius 2 is 0.679 bits per heavy atom. The maximum Gasteiger partial charge on any atom is 0.134 e. The van der Waals surface area contributed by atoms with Gasteiger partial charge in [0.05, 0.1) is 12.5 Å². The Labute approximate surface area is 307 Å². The Bertz CT molecular complexity index is 2860. The van der Waals surface area contributed by atoms with Crippen LogP contribution in [0.3, 0.4) is 0 Å². The molecule has 0 aliphatic rings. The van der Waals surface area contributed by atoms with Crippen molar-refractivity contribution in [2.75, 3.05) is 4.90 Å². The number of anilines is 3. The molecule has 10 aromatic rings.